The molecule has 44 heavy (non-hydrogen) atoms. The molecule has 2 aliphatic heterocycles. The van der Waals surface area contributed by atoms with Crippen LogP contribution >= 0.6 is 0 Å². The fourth-order valence-corrected chi connectivity index (χ4v) is 6.69. The molecule has 2 heterocycles. The molecule has 2 aliphatic rings. The van der Waals surface area contributed by atoms with Crippen molar-refractivity contribution in [3.05, 3.63) is 143 Å². The molecule has 6 rings (SSSR count). The molecule has 0 radical (unpaired) electrons. The van der Waals surface area contributed by atoms with Gasteiger partial charge in [-0.3, -0.25) is 4.79 Å². The highest BCUT2D eigenvalue weighted by Gasteiger charge is 2.68. The van der Waals surface area contributed by atoms with E-state index in [1.807, 2.05) is 145 Å². The number of hydrogen-bond donors (Lipinski definition) is 0. The van der Waals surface area contributed by atoms with E-state index in [0.717, 1.165) is 27.9 Å². The summed E-state index contributed by atoms with van der Waals surface area (Å²) in [5, 5.41) is 11.0. The molecule has 0 saturated carbocycles. The quantitative estimate of drug-likeness (QED) is 0.238. The molecule has 4 aromatic rings. The van der Waals surface area contributed by atoms with E-state index in [1.54, 1.807) is 0 Å². The van der Waals surface area contributed by atoms with Crippen LogP contribution in [0.4, 0.5) is 5.69 Å². The lowest BCUT2D eigenvalue weighted by molar-refractivity contribution is -0.153. The Morgan fingerprint density at radius 3 is 2.02 bits per heavy atom. The van der Waals surface area contributed by atoms with Gasteiger partial charge in [-0.25, -0.2) is 4.79 Å². The van der Waals surface area contributed by atoms with Crippen molar-refractivity contribution >= 4 is 23.7 Å². The molecule has 7 heteroatoms. The van der Waals surface area contributed by atoms with Crippen LogP contribution < -0.4 is 4.90 Å². The average molecular weight is 584 g/mol. The predicted molar refractivity (Wildman–Crippen MR) is 168 cm³/mol. The van der Waals surface area contributed by atoms with Gasteiger partial charge in [0.2, 0.25) is 0 Å². The molecule has 7 nitrogen and oxygen atoms in total. The highest BCUT2D eigenvalue weighted by molar-refractivity contribution is 5.90. The molecule has 220 valence electrons. The van der Waals surface area contributed by atoms with Crippen molar-refractivity contribution in [1.82, 2.24) is 4.90 Å². The predicted octanol–water partition coefficient (Wildman–Crippen LogP) is 6.26. The number of carbonyl (C=O) groups excluding carboxylic acids is 2. The van der Waals surface area contributed by atoms with E-state index < -0.39 is 41.5 Å². The number of anilines is 1. The third-order valence-corrected chi connectivity index (χ3v) is 8.73. The Kier molecular flexibility index (Phi) is 7.67. The highest BCUT2D eigenvalue weighted by atomic mass is 16.5. The van der Waals surface area contributed by atoms with E-state index in [1.165, 1.54) is 7.11 Å². The summed E-state index contributed by atoms with van der Waals surface area (Å²) in [6.45, 7) is 0. The van der Waals surface area contributed by atoms with Crippen LogP contribution in [-0.2, 0) is 19.1 Å². The van der Waals surface area contributed by atoms with Crippen LogP contribution in [0.2, 0.25) is 0 Å². The summed E-state index contributed by atoms with van der Waals surface area (Å²) < 4.78 is 11.8. The lowest BCUT2D eigenvalue weighted by atomic mass is 9.67. The second-order valence-corrected chi connectivity index (χ2v) is 11.3. The Morgan fingerprint density at radius 1 is 0.864 bits per heavy atom. The Labute approximate surface area is 257 Å². The maximum atomic E-state index is 14.7. The first-order chi connectivity index (χ1) is 21.4. The van der Waals surface area contributed by atoms with Gasteiger partial charge in [0.25, 0.3) is 0 Å². The van der Waals surface area contributed by atoms with Gasteiger partial charge in [-0.05, 0) is 46.0 Å². The number of hydrogen-bond acceptors (Lipinski definition) is 7. The van der Waals surface area contributed by atoms with Crippen LogP contribution in [0.3, 0.4) is 0 Å². The zero-order valence-electron chi connectivity index (χ0n) is 24.8. The van der Waals surface area contributed by atoms with E-state index in [-0.39, 0.29) is 0 Å². The maximum absolute atomic E-state index is 14.7. The number of esters is 2. The molecule has 0 N–H and O–H groups in total. The van der Waals surface area contributed by atoms with Crippen molar-refractivity contribution in [3.8, 4) is 6.07 Å². The summed E-state index contributed by atoms with van der Waals surface area (Å²) >= 11 is 0. The number of benzene rings is 4. The Morgan fingerprint density at radius 2 is 1.45 bits per heavy atom. The fourth-order valence-electron chi connectivity index (χ4n) is 6.69. The third-order valence-electron chi connectivity index (χ3n) is 8.73. The van der Waals surface area contributed by atoms with Crippen LogP contribution in [0.1, 0.15) is 45.9 Å². The van der Waals surface area contributed by atoms with Gasteiger partial charge < -0.3 is 19.3 Å². The summed E-state index contributed by atoms with van der Waals surface area (Å²) in [6, 6.07) is 35.0. The highest BCUT2D eigenvalue weighted by Crippen LogP contribution is 2.60. The Balaban J connectivity index is 1.54. The van der Waals surface area contributed by atoms with Gasteiger partial charge in [-0.15, -0.1) is 0 Å². The van der Waals surface area contributed by atoms with Crippen LogP contribution in [0.25, 0.3) is 6.08 Å². The zero-order valence-corrected chi connectivity index (χ0v) is 24.8. The fraction of sp³-hybridized carbons (Fsp3) is 0.216. The van der Waals surface area contributed by atoms with Crippen LogP contribution in [0.15, 0.2) is 115 Å². The minimum absolute atomic E-state index is 0.542. The molecule has 0 unspecified atom stereocenters. The minimum atomic E-state index is -1.76. The first-order valence-electron chi connectivity index (χ1n) is 14.5. The van der Waals surface area contributed by atoms with E-state index in [2.05, 4.69) is 6.07 Å². The second kappa shape index (κ2) is 11.7. The number of ether oxygens (including phenoxy) is 2. The third kappa shape index (κ3) is 4.69. The van der Waals surface area contributed by atoms with Crippen LogP contribution in [-0.4, -0.2) is 44.1 Å². The minimum Gasteiger partial charge on any atom is -0.468 e. The van der Waals surface area contributed by atoms with Gasteiger partial charge in [0.05, 0.1) is 19.2 Å². The number of rotatable bonds is 7. The summed E-state index contributed by atoms with van der Waals surface area (Å²) in [5.74, 6) is -2.14. The molecule has 0 spiro atoms. The monoisotopic (exact) mass is 583 g/mol. The lowest BCUT2D eigenvalue weighted by Crippen LogP contribution is -2.41. The van der Waals surface area contributed by atoms with E-state index in [0.29, 0.717) is 5.56 Å². The summed E-state index contributed by atoms with van der Waals surface area (Å²) in [5.41, 5.74) is 3.13. The van der Waals surface area contributed by atoms with Crippen LogP contribution in [0, 0.1) is 16.7 Å². The number of carbonyl (C=O) groups is 2. The van der Waals surface area contributed by atoms with Gasteiger partial charge in [0.1, 0.15) is 6.04 Å². The van der Waals surface area contributed by atoms with E-state index in [4.69, 9.17) is 9.47 Å². The van der Waals surface area contributed by atoms with Crippen molar-refractivity contribution in [3.63, 3.8) is 0 Å². The number of nitriles is 1. The standard InChI is InChI=1S/C37H33N3O4/c1-39(2)29-20-18-26(19-21-29)31-32(35(41)44-33(27-13-6-4-7-14-27)28-15-8-5-9-16-28)40-23-22-25-12-10-11-17-30(25)34(40)37(31,24-38)36(42)43-3/h4-23,31-34H,1-3H3/t31-,32+,34-,37-/m0/s1. The number of fused-ring (bicyclic) bond motifs is 3. The van der Waals surface area contributed by atoms with Crippen molar-refractivity contribution in [2.24, 2.45) is 5.41 Å². The number of nitrogens with zero attached hydrogens (tertiary/aromatic N) is 3. The normalized spacial score (nSPS) is 21.6. The van der Waals surface area contributed by atoms with Gasteiger partial charge in [0, 0.05) is 31.9 Å². The van der Waals surface area contributed by atoms with Crippen molar-refractivity contribution in [1.29, 1.82) is 5.26 Å². The summed E-state index contributed by atoms with van der Waals surface area (Å²) in [7, 11) is 5.16. The molecule has 0 aliphatic carbocycles. The molecule has 1 saturated heterocycles. The molecule has 1 fully saturated rings. The average Bonchev–Trinajstić information content (AvgIpc) is 3.39. The van der Waals surface area contributed by atoms with Gasteiger partial charge in [-0.1, -0.05) is 97.1 Å². The van der Waals surface area contributed by atoms with Gasteiger partial charge in [-0.2, -0.15) is 5.26 Å². The number of methoxy groups -OCH3 is 1. The summed E-state index contributed by atoms with van der Waals surface area (Å²) in [4.78, 5) is 32.4. The molecule has 4 aromatic carbocycles. The van der Waals surface area contributed by atoms with Crippen LogP contribution in [0.5, 0.6) is 0 Å². The Bertz CT molecular complexity index is 1690. The molecule has 0 aromatic heterocycles. The SMILES string of the molecule is COC(=O)[C@]1(C#N)[C@@H]2c3ccccc3C=CN2[C@@H](C(=O)OC(c2ccccc2)c2ccccc2)[C@@H]1c1ccc(N(C)C)cc1. The van der Waals surface area contributed by atoms with Crippen molar-refractivity contribution in [2.75, 3.05) is 26.1 Å². The second-order valence-electron chi connectivity index (χ2n) is 11.3. The summed E-state index contributed by atoms with van der Waals surface area (Å²) in [6.07, 6.45) is 3.02. The smallest absolute Gasteiger partial charge is 0.330 e. The first kappa shape index (κ1) is 28.8. The van der Waals surface area contributed by atoms with E-state index in [9.17, 15) is 14.9 Å². The van der Waals surface area contributed by atoms with Gasteiger partial charge >= 0.3 is 11.9 Å². The first-order valence-corrected chi connectivity index (χ1v) is 14.5. The molecular formula is C37H33N3O4. The van der Waals surface area contributed by atoms with E-state index >= 15 is 0 Å². The van der Waals surface area contributed by atoms with Gasteiger partial charge in [0.15, 0.2) is 11.5 Å². The zero-order chi connectivity index (χ0) is 30.8. The molecule has 0 bridgehead atoms. The molecule has 0 amide bonds. The maximum Gasteiger partial charge on any atom is 0.330 e. The molecule has 4 atom stereocenters. The van der Waals surface area contributed by atoms with Crippen molar-refractivity contribution < 1.29 is 19.1 Å². The molecular weight excluding hydrogens is 550 g/mol. The van der Waals surface area contributed by atoms with Crippen molar-refractivity contribution in [2.45, 2.75) is 24.1 Å². The topological polar surface area (TPSA) is 82.9 Å². The lowest BCUT2D eigenvalue weighted by Gasteiger charge is -2.36. The Hall–Kier alpha value is -5.35. The largest absolute Gasteiger partial charge is 0.468 e.